The maximum Gasteiger partial charge on any atom is 0.331 e. The van der Waals surface area contributed by atoms with Crippen molar-refractivity contribution < 1.29 is 19.0 Å². The molecule has 1 saturated carbocycles. The van der Waals surface area contributed by atoms with Crippen molar-refractivity contribution >= 4 is 11.7 Å². The molecule has 5 nitrogen and oxygen atoms in total. The number of nitrogens with one attached hydrogen (secondary N) is 1. The summed E-state index contributed by atoms with van der Waals surface area (Å²) in [5, 5.41) is 3.27. The third-order valence-corrected chi connectivity index (χ3v) is 3.58. The zero-order chi connectivity index (χ0) is 14.6. The molecule has 1 N–H and O–H groups in total. The van der Waals surface area contributed by atoms with E-state index in [1.54, 1.807) is 7.11 Å². The van der Waals surface area contributed by atoms with Crippen molar-refractivity contribution in [2.75, 3.05) is 26.1 Å². The fourth-order valence-electron chi connectivity index (χ4n) is 2.56. The minimum Gasteiger partial charge on any atom is -0.497 e. The summed E-state index contributed by atoms with van der Waals surface area (Å²) in [7, 11) is 3.02. The first-order chi connectivity index (χ1) is 9.63. The second-order valence-corrected chi connectivity index (χ2v) is 4.92. The molecule has 0 aromatic heterocycles. The van der Waals surface area contributed by atoms with Crippen molar-refractivity contribution in [1.29, 1.82) is 0 Å². The highest BCUT2D eigenvalue weighted by molar-refractivity contribution is 5.86. The van der Waals surface area contributed by atoms with Gasteiger partial charge in [0.15, 0.2) is 0 Å². The predicted octanol–water partition coefficient (Wildman–Crippen LogP) is 2.22. The van der Waals surface area contributed by atoms with Crippen LogP contribution in [0.25, 0.3) is 0 Å². The summed E-state index contributed by atoms with van der Waals surface area (Å²) < 4.78 is 15.6. The smallest absolute Gasteiger partial charge is 0.331 e. The monoisotopic (exact) mass is 279 g/mol. The van der Waals surface area contributed by atoms with E-state index in [9.17, 15) is 4.79 Å². The lowest BCUT2D eigenvalue weighted by Crippen LogP contribution is -2.59. The Kier molecular flexibility index (Phi) is 4.49. The topological polar surface area (TPSA) is 56.8 Å². The first-order valence-electron chi connectivity index (χ1n) is 6.76. The van der Waals surface area contributed by atoms with E-state index >= 15 is 0 Å². The van der Waals surface area contributed by atoms with Crippen LogP contribution in [0, 0.1) is 0 Å². The molecule has 0 saturated heterocycles. The number of methoxy groups -OCH3 is 2. The summed E-state index contributed by atoms with van der Waals surface area (Å²) in [5.74, 6) is 0.493. The second kappa shape index (κ2) is 6.13. The second-order valence-electron chi connectivity index (χ2n) is 4.92. The van der Waals surface area contributed by atoms with Crippen LogP contribution in [0.2, 0.25) is 0 Å². The molecule has 1 aliphatic rings. The fraction of sp³-hybridized carbons (Fsp3) is 0.533. The number of rotatable bonds is 6. The van der Waals surface area contributed by atoms with Gasteiger partial charge in [-0.05, 0) is 19.1 Å². The Balaban J connectivity index is 2.11. The molecule has 110 valence electrons. The summed E-state index contributed by atoms with van der Waals surface area (Å²) >= 11 is 0. The number of hydrogen-bond acceptors (Lipinski definition) is 5. The Morgan fingerprint density at radius 1 is 1.40 bits per heavy atom. The number of hydrogen-bond donors (Lipinski definition) is 1. The van der Waals surface area contributed by atoms with Gasteiger partial charge in [-0.1, -0.05) is 6.07 Å². The van der Waals surface area contributed by atoms with Gasteiger partial charge in [0.1, 0.15) is 11.3 Å². The van der Waals surface area contributed by atoms with Gasteiger partial charge in [0.2, 0.25) is 0 Å². The van der Waals surface area contributed by atoms with Gasteiger partial charge in [0.05, 0.1) is 20.3 Å². The average Bonchev–Trinajstić information content (AvgIpc) is 2.44. The number of carbonyl (C=O) groups excluding carboxylic acids is 1. The molecule has 1 aromatic rings. The lowest BCUT2D eigenvalue weighted by atomic mass is 9.74. The van der Waals surface area contributed by atoms with Gasteiger partial charge in [-0.2, -0.15) is 0 Å². The molecule has 0 unspecified atom stereocenters. The standard InChI is InChI=1S/C15H21NO4/c1-4-20-13-9-15(10-13,14(17)19-3)16-11-6-5-7-12(8-11)18-2/h5-8,13,16H,4,9-10H2,1-3H3. The minimum atomic E-state index is -0.694. The van der Waals surface area contributed by atoms with Crippen LogP contribution in [-0.4, -0.2) is 38.4 Å². The van der Waals surface area contributed by atoms with Crippen molar-refractivity contribution in [3.05, 3.63) is 24.3 Å². The zero-order valence-corrected chi connectivity index (χ0v) is 12.1. The van der Waals surface area contributed by atoms with Gasteiger partial charge < -0.3 is 19.5 Å². The van der Waals surface area contributed by atoms with Crippen molar-refractivity contribution in [2.24, 2.45) is 0 Å². The number of ether oxygens (including phenoxy) is 3. The van der Waals surface area contributed by atoms with Crippen LogP contribution < -0.4 is 10.1 Å². The van der Waals surface area contributed by atoms with Crippen LogP contribution >= 0.6 is 0 Å². The molecule has 20 heavy (non-hydrogen) atoms. The molecule has 0 spiro atoms. The first kappa shape index (κ1) is 14.7. The third-order valence-electron chi connectivity index (χ3n) is 3.58. The van der Waals surface area contributed by atoms with E-state index in [0.717, 1.165) is 11.4 Å². The Morgan fingerprint density at radius 2 is 2.15 bits per heavy atom. The molecule has 1 fully saturated rings. The van der Waals surface area contributed by atoms with Crippen molar-refractivity contribution in [1.82, 2.24) is 0 Å². The molecule has 0 aliphatic heterocycles. The highest BCUT2D eigenvalue weighted by Crippen LogP contribution is 2.39. The van der Waals surface area contributed by atoms with E-state index < -0.39 is 5.54 Å². The maximum absolute atomic E-state index is 12.1. The summed E-state index contributed by atoms with van der Waals surface area (Å²) in [6.07, 6.45) is 1.34. The average molecular weight is 279 g/mol. The van der Waals surface area contributed by atoms with Crippen LogP contribution in [0.4, 0.5) is 5.69 Å². The van der Waals surface area contributed by atoms with Crippen LogP contribution in [-0.2, 0) is 14.3 Å². The molecular formula is C15H21NO4. The lowest BCUT2D eigenvalue weighted by Gasteiger charge is -2.45. The summed E-state index contributed by atoms with van der Waals surface area (Å²) in [6, 6.07) is 7.50. The summed E-state index contributed by atoms with van der Waals surface area (Å²) in [5.41, 5.74) is 0.144. The molecular weight excluding hydrogens is 258 g/mol. The number of esters is 1. The van der Waals surface area contributed by atoms with E-state index in [1.807, 2.05) is 31.2 Å². The summed E-state index contributed by atoms with van der Waals surface area (Å²) in [6.45, 7) is 2.61. The molecule has 0 radical (unpaired) electrons. The summed E-state index contributed by atoms with van der Waals surface area (Å²) in [4.78, 5) is 12.1. The number of anilines is 1. The molecule has 5 heteroatoms. The molecule has 1 aliphatic carbocycles. The lowest BCUT2D eigenvalue weighted by molar-refractivity contribution is -0.155. The quantitative estimate of drug-likeness (QED) is 0.809. The van der Waals surface area contributed by atoms with Crippen LogP contribution in [0.3, 0.4) is 0 Å². The van der Waals surface area contributed by atoms with E-state index in [0.29, 0.717) is 19.4 Å². The van der Waals surface area contributed by atoms with Gasteiger partial charge >= 0.3 is 5.97 Å². The first-order valence-corrected chi connectivity index (χ1v) is 6.76. The minimum absolute atomic E-state index is 0.109. The van der Waals surface area contributed by atoms with Gasteiger partial charge in [-0.25, -0.2) is 4.79 Å². The normalized spacial score (nSPS) is 24.6. The Labute approximate surface area is 119 Å². The fourth-order valence-corrected chi connectivity index (χ4v) is 2.56. The number of benzene rings is 1. The van der Waals surface area contributed by atoms with Gasteiger partial charge in [0, 0.05) is 31.2 Å². The Morgan fingerprint density at radius 3 is 2.75 bits per heavy atom. The number of carbonyl (C=O) groups is 1. The van der Waals surface area contributed by atoms with E-state index in [-0.39, 0.29) is 12.1 Å². The van der Waals surface area contributed by atoms with E-state index in [1.165, 1.54) is 7.11 Å². The van der Waals surface area contributed by atoms with Gasteiger partial charge in [-0.3, -0.25) is 0 Å². The van der Waals surface area contributed by atoms with E-state index in [4.69, 9.17) is 14.2 Å². The Bertz CT molecular complexity index is 469. The molecule has 2 rings (SSSR count). The highest BCUT2D eigenvalue weighted by Gasteiger charge is 2.52. The van der Waals surface area contributed by atoms with E-state index in [2.05, 4.69) is 5.32 Å². The van der Waals surface area contributed by atoms with Crippen molar-refractivity contribution in [2.45, 2.75) is 31.4 Å². The zero-order valence-electron chi connectivity index (χ0n) is 12.1. The maximum atomic E-state index is 12.1. The SMILES string of the molecule is CCOC1CC(Nc2cccc(OC)c2)(C(=O)OC)C1. The van der Waals surface area contributed by atoms with Crippen molar-refractivity contribution in [3.8, 4) is 5.75 Å². The molecule has 1 aromatic carbocycles. The Hall–Kier alpha value is -1.75. The van der Waals surface area contributed by atoms with Crippen LogP contribution in [0.15, 0.2) is 24.3 Å². The molecule has 0 heterocycles. The van der Waals surface area contributed by atoms with Crippen LogP contribution in [0.5, 0.6) is 5.75 Å². The predicted molar refractivity (Wildman–Crippen MR) is 76.0 cm³/mol. The highest BCUT2D eigenvalue weighted by atomic mass is 16.5. The molecule has 0 amide bonds. The molecule has 0 atom stereocenters. The van der Waals surface area contributed by atoms with Gasteiger partial charge in [0.25, 0.3) is 0 Å². The third kappa shape index (κ3) is 2.88. The van der Waals surface area contributed by atoms with Crippen LogP contribution in [0.1, 0.15) is 19.8 Å². The van der Waals surface area contributed by atoms with Gasteiger partial charge in [-0.15, -0.1) is 0 Å². The largest absolute Gasteiger partial charge is 0.497 e. The molecule has 0 bridgehead atoms. The van der Waals surface area contributed by atoms with Crippen molar-refractivity contribution in [3.63, 3.8) is 0 Å².